The first kappa shape index (κ1) is 20.5. The fraction of sp³-hybridized carbons (Fsp3) is 0.200. The van der Waals surface area contributed by atoms with Crippen LogP contribution in [0.15, 0.2) is 54.1 Å². The zero-order valence-corrected chi connectivity index (χ0v) is 15.9. The lowest BCUT2D eigenvalue weighted by atomic mass is 9.95. The highest BCUT2D eigenvalue weighted by molar-refractivity contribution is 6.46. The summed E-state index contributed by atoms with van der Waals surface area (Å²) >= 11 is 5.87. The highest BCUT2D eigenvalue weighted by atomic mass is 35.5. The fourth-order valence-corrected chi connectivity index (χ4v) is 3.37. The molecule has 1 aliphatic rings. The summed E-state index contributed by atoms with van der Waals surface area (Å²) in [6, 6.07) is 10.6. The minimum absolute atomic E-state index is 0.0835. The highest BCUT2D eigenvalue weighted by Crippen LogP contribution is 2.39. The summed E-state index contributed by atoms with van der Waals surface area (Å²) < 4.78 is 0. The first-order valence-corrected chi connectivity index (χ1v) is 9.12. The second-order valence-corrected chi connectivity index (χ2v) is 6.86. The Labute approximate surface area is 170 Å². The Kier molecular flexibility index (Phi) is 5.95. The number of non-ortho nitro benzene ring substituents is 1. The van der Waals surface area contributed by atoms with E-state index in [1.165, 1.54) is 41.3 Å². The lowest BCUT2D eigenvalue weighted by Gasteiger charge is -2.25. The molecule has 8 nitrogen and oxygen atoms in total. The van der Waals surface area contributed by atoms with Crippen molar-refractivity contribution in [2.24, 2.45) is 0 Å². The minimum Gasteiger partial charge on any atom is -0.507 e. The molecule has 2 aromatic carbocycles. The van der Waals surface area contributed by atoms with Crippen molar-refractivity contribution in [2.45, 2.75) is 12.5 Å². The van der Waals surface area contributed by atoms with Gasteiger partial charge in [-0.05, 0) is 48.4 Å². The molecule has 1 amide bonds. The molecule has 1 aliphatic heterocycles. The number of benzene rings is 2. The molecule has 2 N–H and O–H groups in total. The van der Waals surface area contributed by atoms with E-state index in [1.54, 1.807) is 12.1 Å². The molecule has 1 fully saturated rings. The molecular weight excluding hydrogens is 400 g/mol. The predicted octanol–water partition coefficient (Wildman–Crippen LogP) is 3.05. The Bertz CT molecular complexity index is 985. The molecule has 2 aromatic rings. The maximum absolute atomic E-state index is 12.7. The van der Waals surface area contributed by atoms with Gasteiger partial charge in [-0.15, -0.1) is 0 Å². The van der Waals surface area contributed by atoms with Crippen LogP contribution < -0.4 is 0 Å². The van der Waals surface area contributed by atoms with Crippen molar-refractivity contribution in [1.82, 2.24) is 4.90 Å². The Hall–Kier alpha value is -3.23. The number of hydrogen-bond donors (Lipinski definition) is 2. The van der Waals surface area contributed by atoms with Gasteiger partial charge in [0.1, 0.15) is 5.76 Å². The van der Waals surface area contributed by atoms with Crippen molar-refractivity contribution in [3.8, 4) is 0 Å². The average molecular weight is 417 g/mol. The van der Waals surface area contributed by atoms with Gasteiger partial charge in [0.2, 0.25) is 0 Å². The van der Waals surface area contributed by atoms with Crippen LogP contribution in [0.5, 0.6) is 0 Å². The molecule has 0 unspecified atom stereocenters. The number of nitro benzene ring substituents is 1. The molecule has 9 heteroatoms. The second-order valence-electron chi connectivity index (χ2n) is 6.43. The number of amides is 1. The smallest absolute Gasteiger partial charge is 0.295 e. The molecule has 3 rings (SSSR count). The van der Waals surface area contributed by atoms with E-state index in [1.807, 2.05) is 0 Å². The summed E-state index contributed by atoms with van der Waals surface area (Å²) in [4.78, 5) is 36.9. The van der Waals surface area contributed by atoms with E-state index in [2.05, 4.69) is 0 Å². The Morgan fingerprint density at radius 1 is 1.10 bits per heavy atom. The standard InChI is InChI=1S/C20H17ClN2O6/c21-14-6-2-13(3-7-14)18(25)16-17(12-4-8-15(9-5-12)23(28)29)22(10-1-11-24)20(27)19(16)26/h2-9,17,24-25H,1,10-11H2/t17-/m1/s1. The van der Waals surface area contributed by atoms with Crippen LogP contribution in [0.1, 0.15) is 23.6 Å². The zero-order valence-electron chi connectivity index (χ0n) is 15.1. The first-order valence-electron chi connectivity index (χ1n) is 8.74. The summed E-state index contributed by atoms with van der Waals surface area (Å²) in [6.07, 6.45) is 0.234. The summed E-state index contributed by atoms with van der Waals surface area (Å²) in [7, 11) is 0. The molecule has 0 aliphatic carbocycles. The van der Waals surface area contributed by atoms with Gasteiger partial charge in [0.25, 0.3) is 17.4 Å². The quantitative estimate of drug-likeness (QED) is 0.245. The number of nitrogens with zero attached hydrogens (tertiary/aromatic N) is 2. The molecule has 0 radical (unpaired) electrons. The van der Waals surface area contributed by atoms with E-state index in [9.17, 15) is 24.8 Å². The molecule has 0 bridgehead atoms. The molecular formula is C20H17ClN2O6. The number of likely N-dealkylation sites (tertiary alicyclic amines) is 1. The number of rotatable bonds is 6. The van der Waals surface area contributed by atoms with Crippen molar-refractivity contribution in [2.75, 3.05) is 13.2 Å². The fourth-order valence-electron chi connectivity index (χ4n) is 3.24. The van der Waals surface area contributed by atoms with E-state index in [0.717, 1.165) is 0 Å². The number of aliphatic hydroxyl groups is 2. The van der Waals surface area contributed by atoms with E-state index < -0.39 is 22.7 Å². The van der Waals surface area contributed by atoms with Crippen molar-refractivity contribution >= 4 is 34.7 Å². The third-order valence-electron chi connectivity index (χ3n) is 4.63. The van der Waals surface area contributed by atoms with Gasteiger partial charge < -0.3 is 15.1 Å². The van der Waals surface area contributed by atoms with Gasteiger partial charge in [-0.3, -0.25) is 19.7 Å². The maximum Gasteiger partial charge on any atom is 0.295 e. The second kappa shape index (κ2) is 8.42. The molecule has 1 saturated heterocycles. The minimum atomic E-state index is -0.932. The van der Waals surface area contributed by atoms with Crippen LogP contribution in [0.2, 0.25) is 5.02 Å². The van der Waals surface area contributed by atoms with Gasteiger partial charge in [0, 0.05) is 35.9 Å². The van der Waals surface area contributed by atoms with Crippen LogP contribution in [-0.4, -0.2) is 44.9 Å². The number of Topliss-reactive ketones (excluding diaryl/α,β-unsaturated/α-hetero) is 1. The lowest BCUT2D eigenvalue weighted by molar-refractivity contribution is -0.384. The highest BCUT2D eigenvalue weighted by Gasteiger charge is 2.45. The number of aliphatic hydroxyl groups excluding tert-OH is 2. The molecule has 1 atom stereocenters. The topological polar surface area (TPSA) is 121 Å². The normalized spacial score (nSPS) is 18.3. The molecule has 150 valence electrons. The van der Waals surface area contributed by atoms with Crippen molar-refractivity contribution in [3.05, 3.63) is 80.4 Å². The third kappa shape index (κ3) is 3.98. The zero-order chi connectivity index (χ0) is 21.1. The summed E-state index contributed by atoms with van der Waals surface area (Å²) in [5.74, 6) is -2.04. The number of hydrogen-bond acceptors (Lipinski definition) is 6. The van der Waals surface area contributed by atoms with Crippen LogP contribution in [0.25, 0.3) is 5.76 Å². The van der Waals surface area contributed by atoms with Gasteiger partial charge >= 0.3 is 0 Å². The lowest BCUT2D eigenvalue weighted by Crippen LogP contribution is -2.31. The van der Waals surface area contributed by atoms with Crippen LogP contribution in [0.3, 0.4) is 0 Å². The summed E-state index contributed by atoms with van der Waals surface area (Å²) in [5, 5.41) is 31.3. The van der Waals surface area contributed by atoms with E-state index in [-0.39, 0.29) is 36.6 Å². The number of nitro groups is 1. The largest absolute Gasteiger partial charge is 0.507 e. The van der Waals surface area contributed by atoms with Gasteiger partial charge in [-0.2, -0.15) is 0 Å². The molecule has 0 spiro atoms. The molecule has 29 heavy (non-hydrogen) atoms. The van der Waals surface area contributed by atoms with Gasteiger partial charge in [-0.1, -0.05) is 11.6 Å². The van der Waals surface area contributed by atoms with Gasteiger partial charge in [-0.25, -0.2) is 0 Å². The Balaban J connectivity index is 2.14. The van der Waals surface area contributed by atoms with E-state index in [4.69, 9.17) is 16.7 Å². The van der Waals surface area contributed by atoms with Crippen LogP contribution in [0, 0.1) is 10.1 Å². The number of halogens is 1. The Morgan fingerprint density at radius 3 is 2.28 bits per heavy atom. The van der Waals surface area contributed by atoms with Gasteiger partial charge in [0.15, 0.2) is 0 Å². The predicted molar refractivity (Wildman–Crippen MR) is 105 cm³/mol. The van der Waals surface area contributed by atoms with Crippen molar-refractivity contribution < 1.29 is 24.7 Å². The van der Waals surface area contributed by atoms with Crippen LogP contribution in [0.4, 0.5) is 5.69 Å². The monoisotopic (exact) mass is 416 g/mol. The molecule has 0 saturated carbocycles. The van der Waals surface area contributed by atoms with Crippen LogP contribution >= 0.6 is 11.6 Å². The van der Waals surface area contributed by atoms with Crippen molar-refractivity contribution in [1.29, 1.82) is 0 Å². The SMILES string of the molecule is O=C1C(=O)N(CCCO)[C@H](c2ccc([N+](=O)[O-])cc2)C1=C(O)c1ccc(Cl)cc1. The van der Waals surface area contributed by atoms with Crippen molar-refractivity contribution in [3.63, 3.8) is 0 Å². The van der Waals surface area contributed by atoms with E-state index in [0.29, 0.717) is 16.1 Å². The summed E-state index contributed by atoms with van der Waals surface area (Å²) in [5.41, 5.74) is 0.479. The first-order chi connectivity index (χ1) is 13.8. The van der Waals surface area contributed by atoms with E-state index >= 15 is 0 Å². The number of carbonyl (C=O) groups excluding carboxylic acids is 2. The van der Waals surface area contributed by atoms with Crippen LogP contribution in [-0.2, 0) is 9.59 Å². The molecule has 1 heterocycles. The van der Waals surface area contributed by atoms with Gasteiger partial charge in [0.05, 0.1) is 16.5 Å². The average Bonchev–Trinajstić information content (AvgIpc) is 2.97. The summed E-state index contributed by atoms with van der Waals surface area (Å²) in [6.45, 7) is -0.104. The maximum atomic E-state index is 12.7. The number of carbonyl (C=O) groups is 2. The molecule has 0 aromatic heterocycles. The Morgan fingerprint density at radius 2 is 1.72 bits per heavy atom. The number of ketones is 1. The third-order valence-corrected chi connectivity index (χ3v) is 4.89.